The summed E-state index contributed by atoms with van der Waals surface area (Å²) in [5, 5.41) is 3.34. The second-order valence-electron chi connectivity index (χ2n) is 5.48. The summed E-state index contributed by atoms with van der Waals surface area (Å²) in [5.41, 5.74) is 6.43. The van der Waals surface area contributed by atoms with E-state index in [1.54, 1.807) is 0 Å². The zero-order valence-electron chi connectivity index (χ0n) is 13.1. The molecule has 0 fully saturated rings. The first kappa shape index (κ1) is 14.3. The first-order chi connectivity index (χ1) is 10.6. The Hall–Kier alpha value is -2.68. The van der Waals surface area contributed by atoms with Gasteiger partial charge in [0.05, 0.1) is 5.69 Å². The van der Waals surface area contributed by atoms with Gasteiger partial charge in [0.1, 0.15) is 5.82 Å². The summed E-state index contributed by atoms with van der Waals surface area (Å²) in [5.74, 6) is 0.862. The third-order valence-electron chi connectivity index (χ3n) is 3.55. The molecule has 3 rings (SSSR count). The Morgan fingerprint density at radius 1 is 0.773 bits per heavy atom. The third-order valence-corrected chi connectivity index (χ3v) is 3.55. The molecule has 0 amide bonds. The molecule has 0 bridgehead atoms. The number of nitrogens with zero attached hydrogens (tertiary/aromatic N) is 2. The van der Waals surface area contributed by atoms with Crippen LogP contribution in [0, 0.1) is 20.8 Å². The van der Waals surface area contributed by atoms with Crippen molar-refractivity contribution in [1.82, 2.24) is 9.97 Å². The molecule has 3 aromatic rings. The van der Waals surface area contributed by atoms with Gasteiger partial charge in [-0.15, -0.1) is 0 Å². The first-order valence-electron chi connectivity index (χ1n) is 7.37. The number of pyridine rings is 2. The number of hydrogen-bond donors (Lipinski definition) is 1. The fraction of sp³-hybridized carbons (Fsp3) is 0.158. The minimum atomic E-state index is 0.862. The van der Waals surface area contributed by atoms with Gasteiger partial charge in [0, 0.05) is 22.6 Å². The average Bonchev–Trinajstić information content (AvgIpc) is 2.47. The van der Waals surface area contributed by atoms with E-state index in [4.69, 9.17) is 0 Å². The van der Waals surface area contributed by atoms with E-state index in [-0.39, 0.29) is 0 Å². The van der Waals surface area contributed by atoms with Gasteiger partial charge in [-0.05, 0) is 62.7 Å². The lowest BCUT2D eigenvalue weighted by atomic mass is 10.0. The molecule has 0 atom stereocenters. The van der Waals surface area contributed by atoms with Crippen LogP contribution in [0.5, 0.6) is 0 Å². The number of nitrogens with one attached hydrogen (secondary N) is 1. The van der Waals surface area contributed by atoms with Crippen LogP contribution in [-0.4, -0.2) is 9.97 Å². The third kappa shape index (κ3) is 3.14. The largest absolute Gasteiger partial charge is 0.340 e. The van der Waals surface area contributed by atoms with Crippen LogP contribution in [-0.2, 0) is 0 Å². The van der Waals surface area contributed by atoms with Gasteiger partial charge in [-0.3, -0.25) is 4.98 Å². The van der Waals surface area contributed by atoms with E-state index in [2.05, 4.69) is 40.4 Å². The second kappa shape index (κ2) is 5.98. The van der Waals surface area contributed by atoms with E-state index < -0.39 is 0 Å². The molecule has 110 valence electrons. The Bertz CT molecular complexity index is 809. The summed E-state index contributed by atoms with van der Waals surface area (Å²) in [6.45, 7) is 6.11. The smallest absolute Gasteiger partial charge is 0.130 e. The summed E-state index contributed by atoms with van der Waals surface area (Å²) >= 11 is 0. The van der Waals surface area contributed by atoms with Gasteiger partial charge in [0.15, 0.2) is 0 Å². The van der Waals surface area contributed by atoms with Crippen molar-refractivity contribution in [3.63, 3.8) is 0 Å². The summed E-state index contributed by atoms with van der Waals surface area (Å²) in [4.78, 5) is 9.06. The molecule has 22 heavy (non-hydrogen) atoms. The van der Waals surface area contributed by atoms with Crippen LogP contribution in [0.15, 0.2) is 54.6 Å². The van der Waals surface area contributed by atoms with Crippen LogP contribution < -0.4 is 5.32 Å². The zero-order chi connectivity index (χ0) is 15.5. The maximum atomic E-state index is 4.60. The maximum absolute atomic E-state index is 4.60. The Morgan fingerprint density at radius 2 is 1.50 bits per heavy atom. The fourth-order valence-corrected chi connectivity index (χ4v) is 2.48. The minimum absolute atomic E-state index is 0.862. The fourth-order valence-electron chi connectivity index (χ4n) is 2.48. The lowest BCUT2D eigenvalue weighted by molar-refractivity contribution is 1.19. The van der Waals surface area contributed by atoms with Crippen molar-refractivity contribution in [2.24, 2.45) is 0 Å². The van der Waals surface area contributed by atoms with Gasteiger partial charge >= 0.3 is 0 Å². The van der Waals surface area contributed by atoms with Gasteiger partial charge in [-0.25, -0.2) is 4.98 Å². The molecule has 0 saturated carbocycles. The van der Waals surface area contributed by atoms with Crippen molar-refractivity contribution in [2.45, 2.75) is 20.8 Å². The van der Waals surface area contributed by atoms with Gasteiger partial charge in [0.2, 0.25) is 0 Å². The highest BCUT2D eigenvalue weighted by molar-refractivity contribution is 5.69. The van der Waals surface area contributed by atoms with E-state index in [1.807, 2.05) is 50.2 Å². The molecule has 0 unspecified atom stereocenters. The SMILES string of the molecule is Cc1cccc(Nc2ccc(-c3cccc(C)n3)c(C)c2)n1. The Kier molecular flexibility index (Phi) is 3.88. The van der Waals surface area contributed by atoms with Crippen LogP contribution in [0.3, 0.4) is 0 Å². The molecular weight excluding hydrogens is 270 g/mol. The molecule has 1 N–H and O–H groups in total. The van der Waals surface area contributed by atoms with Crippen molar-refractivity contribution < 1.29 is 0 Å². The predicted molar refractivity (Wildman–Crippen MR) is 91.4 cm³/mol. The number of benzene rings is 1. The second-order valence-corrected chi connectivity index (χ2v) is 5.48. The van der Waals surface area contributed by atoms with Crippen molar-refractivity contribution in [1.29, 1.82) is 0 Å². The quantitative estimate of drug-likeness (QED) is 0.751. The molecule has 0 radical (unpaired) electrons. The lowest BCUT2D eigenvalue weighted by Crippen LogP contribution is -1.96. The monoisotopic (exact) mass is 289 g/mol. The highest BCUT2D eigenvalue weighted by atomic mass is 15.0. The van der Waals surface area contributed by atoms with E-state index in [0.717, 1.165) is 34.2 Å². The molecular formula is C19H19N3. The van der Waals surface area contributed by atoms with Crippen LogP contribution in [0.4, 0.5) is 11.5 Å². The van der Waals surface area contributed by atoms with E-state index in [1.165, 1.54) is 5.56 Å². The molecule has 2 aromatic heterocycles. The Morgan fingerprint density at radius 3 is 2.18 bits per heavy atom. The van der Waals surface area contributed by atoms with E-state index >= 15 is 0 Å². The van der Waals surface area contributed by atoms with Crippen LogP contribution >= 0.6 is 0 Å². The highest BCUT2D eigenvalue weighted by Gasteiger charge is 2.05. The highest BCUT2D eigenvalue weighted by Crippen LogP contribution is 2.26. The summed E-state index contributed by atoms with van der Waals surface area (Å²) in [7, 11) is 0. The van der Waals surface area contributed by atoms with Crippen molar-refractivity contribution >= 4 is 11.5 Å². The summed E-state index contributed by atoms with van der Waals surface area (Å²) in [6, 6.07) is 18.4. The van der Waals surface area contributed by atoms with Crippen LogP contribution in [0.25, 0.3) is 11.3 Å². The summed E-state index contributed by atoms with van der Waals surface area (Å²) < 4.78 is 0. The Labute approximate surface area is 131 Å². The molecule has 1 aromatic carbocycles. The predicted octanol–water partition coefficient (Wildman–Crippen LogP) is 4.81. The van der Waals surface area contributed by atoms with Gasteiger partial charge in [0.25, 0.3) is 0 Å². The standard InChI is InChI=1S/C19H19N3/c1-13-12-16(22-19-9-5-7-15(3)21-19)10-11-17(13)18-8-4-6-14(2)20-18/h4-12H,1-3H3,(H,21,22). The lowest BCUT2D eigenvalue weighted by Gasteiger charge is -2.10. The molecule has 0 aliphatic carbocycles. The van der Waals surface area contributed by atoms with Crippen LogP contribution in [0.2, 0.25) is 0 Å². The molecule has 0 saturated heterocycles. The molecule has 3 heteroatoms. The Balaban J connectivity index is 1.89. The van der Waals surface area contributed by atoms with Gasteiger partial charge < -0.3 is 5.32 Å². The number of aromatic nitrogens is 2. The zero-order valence-corrected chi connectivity index (χ0v) is 13.1. The van der Waals surface area contributed by atoms with E-state index in [0.29, 0.717) is 0 Å². The molecule has 2 heterocycles. The topological polar surface area (TPSA) is 37.8 Å². The average molecular weight is 289 g/mol. The molecule has 0 spiro atoms. The van der Waals surface area contributed by atoms with Gasteiger partial charge in [-0.1, -0.05) is 18.2 Å². The normalized spacial score (nSPS) is 10.5. The molecule has 0 aliphatic rings. The first-order valence-corrected chi connectivity index (χ1v) is 7.37. The number of aryl methyl sites for hydroxylation is 3. The molecule has 0 aliphatic heterocycles. The van der Waals surface area contributed by atoms with Crippen LogP contribution in [0.1, 0.15) is 17.0 Å². The molecule has 3 nitrogen and oxygen atoms in total. The van der Waals surface area contributed by atoms with Crippen molar-refractivity contribution in [3.05, 3.63) is 71.5 Å². The van der Waals surface area contributed by atoms with Gasteiger partial charge in [-0.2, -0.15) is 0 Å². The van der Waals surface area contributed by atoms with Crippen molar-refractivity contribution in [3.8, 4) is 11.3 Å². The number of rotatable bonds is 3. The summed E-state index contributed by atoms with van der Waals surface area (Å²) in [6.07, 6.45) is 0. The van der Waals surface area contributed by atoms with Crippen molar-refractivity contribution in [2.75, 3.05) is 5.32 Å². The maximum Gasteiger partial charge on any atom is 0.130 e. The minimum Gasteiger partial charge on any atom is -0.340 e. The number of anilines is 2. The number of hydrogen-bond acceptors (Lipinski definition) is 3. The van der Waals surface area contributed by atoms with E-state index in [9.17, 15) is 0 Å².